The van der Waals surface area contributed by atoms with Crippen molar-refractivity contribution in [3.8, 4) is 16.9 Å². The van der Waals surface area contributed by atoms with E-state index in [1.165, 1.54) is 5.56 Å². The number of hydrogen-bond acceptors (Lipinski definition) is 3. The maximum Gasteiger partial charge on any atom is 0.138 e. The molecule has 3 nitrogen and oxygen atoms in total. The molecule has 1 aliphatic rings. The monoisotopic (exact) mass is 276 g/mol. The summed E-state index contributed by atoms with van der Waals surface area (Å²) >= 11 is 0. The first-order valence-electron chi connectivity index (χ1n) is 6.30. The van der Waals surface area contributed by atoms with Crippen molar-refractivity contribution in [2.45, 2.75) is 12.5 Å². The lowest BCUT2D eigenvalue weighted by molar-refractivity contribution is 0.222. The second-order valence-electron chi connectivity index (χ2n) is 4.51. The van der Waals surface area contributed by atoms with Crippen LogP contribution >= 0.6 is 12.4 Å². The second kappa shape index (κ2) is 6.55. The maximum absolute atomic E-state index is 5.91. The molecule has 0 saturated carbocycles. The molecular weight excluding hydrogens is 260 g/mol. The van der Waals surface area contributed by atoms with Gasteiger partial charge in [0.25, 0.3) is 0 Å². The zero-order chi connectivity index (χ0) is 12.2. The maximum atomic E-state index is 5.91. The molecular formula is C15H17ClN2O. The summed E-state index contributed by atoms with van der Waals surface area (Å²) in [5.41, 5.74) is 2.26. The summed E-state index contributed by atoms with van der Waals surface area (Å²) < 4.78 is 5.91. The number of halogens is 1. The number of ether oxygens (including phenoxy) is 1. The third kappa shape index (κ3) is 3.46. The van der Waals surface area contributed by atoms with Gasteiger partial charge in [0.2, 0.25) is 0 Å². The van der Waals surface area contributed by atoms with E-state index in [-0.39, 0.29) is 18.5 Å². The summed E-state index contributed by atoms with van der Waals surface area (Å²) in [7, 11) is 0. The van der Waals surface area contributed by atoms with Gasteiger partial charge in [-0.15, -0.1) is 12.4 Å². The first kappa shape index (κ1) is 13.8. The molecule has 1 N–H and O–H groups in total. The Bertz CT molecular complexity index is 513. The molecule has 1 aromatic heterocycles. The highest BCUT2D eigenvalue weighted by atomic mass is 35.5. The van der Waals surface area contributed by atoms with Gasteiger partial charge < -0.3 is 10.1 Å². The first-order chi connectivity index (χ1) is 8.92. The van der Waals surface area contributed by atoms with Crippen molar-refractivity contribution >= 4 is 12.4 Å². The molecule has 2 aromatic rings. The van der Waals surface area contributed by atoms with Crippen molar-refractivity contribution in [1.82, 2.24) is 10.3 Å². The summed E-state index contributed by atoms with van der Waals surface area (Å²) in [6, 6.07) is 12.3. The van der Waals surface area contributed by atoms with Crippen LogP contribution in [0.2, 0.25) is 0 Å². The fraction of sp³-hybridized carbons (Fsp3) is 0.267. The zero-order valence-electron chi connectivity index (χ0n) is 10.6. The van der Waals surface area contributed by atoms with Crippen LogP contribution in [0.1, 0.15) is 6.42 Å². The predicted molar refractivity (Wildman–Crippen MR) is 78.8 cm³/mol. The SMILES string of the molecule is Cl.c1ccc(-c2cncc(O[C@H]3CCNC3)c2)cc1. The van der Waals surface area contributed by atoms with Gasteiger partial charge in [0, 0.05) is 18.3 Å². The zero-order valence-corrected chi connectivity index (χ0v) is 11.4. The van der Waals surface area contributed by atoms with Crippen molar-refractivity contribution in [3.05, 3.63) is 48.8 Å². The molecule has 1 atom stereocenters. The number of rotatable bonds is 3. The molecule has 0 radical (unpaired) electrons. The lowest BCUT2D eigenvalue weighted by Crippen LogP contribution is -2.19. The van der Waals surface area contributed by atoms with Gasteiger partial charge in [-0.25, -0.2) is 0 Å². The van der Waals surface area contributed by atoms with Gasteiger partial charge in [-0.05, 0) is 24.6 Å². The van der Waals surface area contributed by atoms with Crippen LogP contribution in [0, 0.1) is 0 Å². The van der Waals surface area contributed by atoms with Crippen LogP contribution in [0.15, 0.2) is 48.8 Å². The van der Waals surface area contributed by atoms with Gasteiger partial charge in [-0.1, -0.05) is 30.3 Å². The minimum atomic E-state index is 0. The lowest BCUT2D eigenvalue weighted by Gasteiger charge is -2.12. The Balaban J connectivity index is 0.00000133. The van der Waals surface area contributed by atoms with E-state index in [4.69, 9.17) is 4.74 Å². The molecule has 100 valence electrons. The van der Waals surface area contributed by atoms with Crippen molar-refractivity contribution < 1.29 is 4.74 Å². The summed E-state index contributed by atoms with van der Waals surface area (Å²) in [4.78, 5) is 4.26. The molecule has 1 aliphatic heterocycles. The van der Waals surface area contributed by atoms with Gasteiger partial charge in [0.05, 0.1) is 6.20 Å². The van der Waals surface area contributed by atoms with E-state index < -0.39 is 0 Å². The van der Waals surface area contributed by atoms with Crippen LogP contribution in [-0.2, 0) is 0 Å². The molecule has 1 aromatic carbocycles. The van der Waals surface area contributed by atoms with Crippen LogP contribution in [0.4, 0.5) is 0 Å². The molecule has 0 aliphatic carbocycles. The van der Waals surface area contributed by atoms with Crippen LogP contribution in [-0.4, -0.2) is 24.2 Å². The molecule has 19 heavy (non-hydrogen) atoms. The van der Waals surface area contributed by atoms with E-state index in [0.717, 1.165) is 30.8 Å². The van der Waals surface area contributed by atoms with Crippen LogP contribution in [0.3, 0.4) is 0 Å². The third-order valence-electron chi connectivity index (χ3n) is 3.14. The number of hydrogen-bond donors (Lipinski definition) is 1. The molecule has 2 heterocycles. The normalized spacial score (nSPS) is 17.8. The Labute approximate surface area is 119 Å². The lowest BCUT2D eigenvalue weighted by atomic mass is 10.1. The molecule has 1 saturated heterocycles. The van der Waals surface area contributed by atoms with E-state index in [1.807, 2.05) is 24.4 Å². The van der Waals surface area contributed by atoms with Crippen molar-refractivity contribution in [3.63, 3.8) is 0 Å². The molecule has 0 spiro atoms. The second-order valence-corrected chi connectivity index (χ2v) is 4.51. The average Bonchev–Trinajstić information content (AvgIpc) is 2.93. The van der Waals surface area contributed by atoms with Crippen molar-refractivity contribution in [2.75, 3.05) is 13.1 Å². The van der Waals surface area contributed by atoms with Gasteiger partial charge in [-0.3, -0.25) is 4.98 Å². The Morgan fingerprint density at radius 1 is 1.11 bits per heavy atom. The Morgan fingerprint density at radius 3 is 2.68 bits per heavy atom. The Morgan fingerprint density at radius 2 is 1.95 bits per heavy atom. The number of benzene rings is 1. The third-order valence-corrected chi connectivity index (χ3v) is 3.14. The summed E-state index contributed by atoms with van der Waals surface area (Å²) in [5.74, 6) is 0.852. The number of nitrogens with one attached hydrogen (secondary N) is 1. The highest BCUT2D eigenvalue weighted by Crippen LogP contribution is 2.23. The van der Waals surface area contributed by atoms with E-state index >= 15 is 0 Å². The van der Waals surface area contributed by atoms with Crippen LogP contribution < -0.4 is 10.1 Å². The minimum Gasteiger partial charge on any atom is -0.487 e. The molecule has 3 rings (SSSR count). The van der Waals surface area contributed by atoms with E-state index in [0.29, 0.717) is 0 Å². The molecule has 4 heteroatoms. The fourth-order valence-corrected chi connectivity index (χ4v) is 2.19. The molecule has 0 bridgehead atoms. The van der Waals surface area contributed by atoms with Gasteiger partial charge in [-0.2, -0.15) is 0 Å². The first-order valence-corrected chi connectivity index (χ1v) is 6.30. The molecule has 1 fully saturated rings. The Kier molecular flexibility index (Phi) is 4.77. The van der Waals surface area contributed by atoms with E-state index in [1.54, 1.807) is 6.20 Å². The highest BCUT2D eigenvalue weighted by Gasteiger charge is 2.16. The average molecular weight is 277 g/mol. The molecule has 0 unspecified atom stereocenters. The van der Waals surface area contributed by atoms with E-state index in [2.05, 4.69) is 28.5 Å². The number of aromatic nitrogens is 1. The smallest absolute Gasteiger partial charge is 0.138 e. The van der Waals surface area contributed by atoms with Crippen LogP contribution in [0.25, 0.3) is 11.1 Å². The van der Waals surface area contributed by atoms with E-state index in [9.17, 15) is 0 Å². The molecule has 0 amide bonds. The Hall–Kier alpha value is -1.58. The summed E-state index contributed by atoms with van der Waals surface area (Å²) in [6.07, 6.45) is 4.99. The highest BCUT2D eigenvalue weighted by molar-refractivity contribution is 5.85. The summed E-state index contributed by atoms with van der Waals surface area (Å²) in [5, 5.41) is 3.29. The van der Waals surface area contributed by atoms with Gasteiger partial charge in [0.1, 0.15) is 11.9 Å². The van der Waals surface area contributed by atoms with Crippen LogP contribution in [0.5, 0.6) is 5.75 Å². The minimum absolute atomic E-state index is 0. The quantitative estimate of drug-likeness (QED) is 0.936. The largest absolute Gasteiger partial charge is 0.487 e. The van der Waals surface area contributed by atoms with Gasteiger partial charge >= 0.3 is 0 Å². The fourth-order valence-electron chi connectivity index (χ4n) is 2.19. The number of pyridine rings is 1. The standard InChI is InChI=1S/C15H16N2O.ClH/c1-2-4-12(5-3-1)13-8-15(11-17-9-13)18-14-6-7-16-10-14;/h1-5,8-9,11,14,16H,6-7,10H2;1H/t14-;/m0./s1. The number of nitrogens with zero attached hydrogens (tertiary/aromatic N) is 1. The summed E-state index contributed by atoms with van der Waals surface area (Å²) in [6.45, 7) is 1.96. The van der Waals surface area contributed by atoms with Gasteiger partial charge in [0.15, 0.2) is 0 Å². The van der Waals surface area contributed by atoms with Crippen molar-refractivity contribution in [2.24, 2.45) is 0 Å². The predicted octanol–water partition coefficient (Wildman–Crippen LogP) is 2.91. The topological polar surface area (TPSA) is 34.1 Å². The van der Waals surface area contributed by atoms with Crippen molar-refractivity contribution in [1.29, 1.82) is 0 Å².